The molecule has 160 valence electrons. The molecule has 1 saturated carbocycles. The van der Waals surface area contributed by atoms with E-state index in [-0.39, 0.29) is 5.56 Å². The first kappa shape index (κ1) is 22.8. The van der Waals surface area contributed by atoms with Crippen LogP contribution in [0.1, 0.15) is 61.6 Å². The van der Waals surface area contributed by atoms with E-state index in [0.717, 1.165) is 25.4 Å². The van der Waals surface area contributed by atoms with Gasteiger partial charge in [-0.2, -0.15) is 0 Å². The van der Waals surface area contributed by atoms with E-state index in [1.165, 1.54) is 44.2 Å². The van der Waals surface area contributed by atoms with E-state index in [1.807, 2.05) is 0 Å². The first-order chi connectivity index (χ1) is 14.5. The third-order valence-electron chi connectivity index (χ3n) is 6.05. The van der Waals surface area contributed by atoms with Crippen molar-refractivity contribution in [3.63, 3.8) is 0 Å². The first-order valence-electron chi connectivity index (χ1n) is 10.8. The second-order valence-electron chi connectivity index (χ2n) is 8.25. The lowest BCUT2D eigenvalue weighted by molar-refractivity contribution is 0.175. The monoisotopic (exact) mass is 430 g/mol. The van der Waals surface area contributed by atoms with Gasteiger partial charge in [-0.05, 0) is 79.5 Å². The van der Waals surface area contributed by atoms with Crippen molar-refractivity contribution >= 4 is 11.6 Å². The van der Waals surface area contributed by atoms with Gasteiger partial charge >= 0.3 is 0 Å². The molecule has 4 heteroatoms. The van der Waals surface area contributed by atoms with Crippen molar-refractivity contribution in [3.05, 3.63) is 69.7 Å². The second kappa shape index (κ2) is 11.5. The van der Waals surface area contributed by atoms with Gasteiger partial charge in [0.2, 0.25) is 0 Å². The molecule has 0 aliphatic heterocycles. The topological polar surface area (TPSA) is 9.23 Å². The highest BCUT2D eigenvalue weighted by Gasteiger charge is 2.21. The summed E-state index contributed by atoms with van der Waals surface area (Å²) in [6, 6.07) is 9.73. The molecular weight excluding hydrogens is 402 g/mol. The third kappa shape index (κ3) is 6.83. The molecule has 3 rings (SSSR count). The fourth-order valence-corrected chi connectivity index (χ4v) is 4.38. The number of halogens is 3. The van der Waals surface area contributed by atoms with E-state index in [0.29, 0.717) is 28.5 Å². The quantitative estimate of drug-likeness (QED) is 0.334. The zero-order valence-corrected chi connectivity index (χ0v) is 18.3. The average Bonchev–Trinajstić information content (AvgIpc) is 2.74. The minimum atomic E-state index is -0.590. The van der Waals surface area contributed by atoms with Gasteiger partial charge in [0.1, 0.15) is 11.6 Å². The van der Waals surface area contributed by atoms with E-state index < -0.39 is 11.6 Å². The number of aryl methyl sites for hydroxylation is 1. The number of methoxy groups -OCH3 is 1. The predicted octanol–water partition coefficient (Wildman–Crippen LogP) is 7.18. The lowest BCUT2D eigenvalue weighted by atomic mass is 9.78. The van der Waals surface area contributed by atoms with Gasteiger partial charge in [0.15, 0.2) is 0 Å². The molecule has 0 amide bonds. The van der Waals surface area contributed by atoms with Crippen LogP contribution in [0.4, 0.5) is 8.78 Å². The van der Waals surface area contributed by atoms with Crippen LogP contribution < -0.4 is 0 Å². The predicted molar refractivity (Wildman–Crippen MR) is 119 cm³/mol. The SMILES string of the molecule is COCCC[C@H]1CC[C@H](CCc2cc(F)c(C#Cc3ccc(Cl)cc3)c(F)c2)CC1. The summed E-state index contributed by atoms with van der Waals surface area (Å²) < 4.78 is 34.1. The molecule has 2 aromatic rings. The molecule has 2 aromatic carbocycles. The molecule has 1 aliphatic rings. The smallest absolute Gasteiger partial charge is 0.142 e. The number of hydrogen-bond acceptors (Lipinski definition) is 1. The number of rotatable bonds is 7. The minimum absolute atomic E-state index is 0.176. The molecule has 0 spiro atoms. The average molecular weight is 431 g/mol. The molecule has 0 N–H and O–H groups in total. The molecule has 30 heavy (non-hydrogen) atoms. The van der Waals surface area contributed by atoms with Crippen molar-refractivity contribution < 1.29 is 13.5 Å². The fourth-order valence-electron chi connectivity index (χ4n) is 4.25. The fraction of sp³-hybridized carbons (Fsp3) is 0.462. The van der Waals surface area contributed by atoms with E-state index in [4.69, 9.17) is 16.3 Å². The molecule has 1 fully saturated rings. The zero-order valence-electron chi connectivity index (χ0n) is 17.5. The summed E-state index contributed by atoms with van der Waals surface area (Å²) in [4.78, 5) is 0. The molecule has 0 bridgehead atoms. The van der Waals surface area contributed by atoms with Crippen LogP contribution in [0.25, 0.3) is 0 Å². The van der Waals surface area contributed by atoms with Gasteiger partial charge in [-0.1, -0.05) is 49.1 Å². The van der Waals surface area contributed by atoms with Crippen LogP contribution in [0.15, 0.2) is 36.4 Å². The van der Waals surface area contributed by atoms with E-state index >= 15 is 0 Å². The second-order valence-corrected chi connectivity index (χ2v) is 8.69. The van der Waals surface area contributed by atoms with Gasteiger partial charge in [-0.25, -0.2) is 8.78 Å². The van der Waals surface area contributed by atoms with Crippen molar-refractivity contribution in [3.8, 4) is 11.8 Å². The maximum Gasteiger partial charge on any atom is 0.142 e. The van der Waals surface area contributed by atoms with E-state index in [1.54, 1.807) is 31.4 Å². The van der Waals surface area contributed by atoms with E-state index in [2.05, 4.69) is 11.8 Å². The highest BCUT2D eigenvalue weighted by Crippen LogP contribution is 2.34. The van der Waals surface area contributed by atoms with Crippen molar-refractivity contribution in [1.29, 1.82) is 0 Å². The Balaban J connectivity index is 1.53. The summed E-state index contributed by atoms with van der Waals surface area (Å²) in [7, 11) is 1.75. The Hall–Kier alpha value is -1.89. The van der Waals surface area contributed by atoms with Gasteiger partial charge in [0, 0.05) is 24.3 Å². The third-order valence-corrected chi connectivity index (χ3v) is 6.30. The summed E-state index contributed by atoms with van der Waals surface area (Å²) in [6.07, 6.45) is 9.03. The van der Waals surface area contributed by atoms with Gasteiger partial charge in [0.05, 0.1) is 5.56 Å². The van der Waals surface area contributed by atoms with Crippen molar-refractivity contribution in [2.75, 3.05) is 13.7 Å². The Morgan fingerprint density at radius 3 is 2.13 bits per heavy atom. The Morgan fingerprint density at radius 2 is 1.53 bits per heavy atom. The number of benzene rings is 2. The summed E-state index contributed by atoms with van der Waals surface area (Å²) in [6.45, 7) is 0.844. The van der Waals surface area contributed by atoms with Crippen molar-refractivity contribution in [2.24, 2.45) is 11.8 Å². The standard InChI is InChI=1S/C26H29ClF2O/c1-30-16-2-3-19-4-6-20(7-5-19)8-9-22-17-25(28)24(26(29)18-22)15-12-21-10-13-23(27)14-11-21/h10-11,13-14,17-20H,2-9,16H2,1H3/t19-,20-. The van der Waals surface area contributed by atoms with Crippen molar-refractivity contribution in [2.45, 2.75) is 51.4 Å². The molecule has 0 radical (unpaired) electrons. The first-order valence-corrected chi connectivity index (χ1v) is 11.2. The molecule has 0 unspecified atom stereocenters. The highest BCUT2D eigenvalue weighted by molar-refractivity contribution is 6.30. The van der Waals surface area contributed by atoms with Gasteiger partial charge < -0.3 is 4.74 Å². The molecule has 0 atom stereocenters. The van der Waals surface area contributed by atoms with E-state index in [9.17, 15) is 8.78 Å². The Bertz CT molecular complexity index is 851. The van der Waals surface area contributed by atoms with Crippen LogP contribution in [0, 0.1) is 35.3 Å². The van der Waals surface area contributed by atoms with Crippen LogP contribution in [-0.2, 0) is 11.2 Å². The molecule has 1 aliphatic carbocycles. The Kier molecular flexibility index (Phi) is 8.73. The van der Waals surface area contributed by atoms with Gasteiger partial charge in [0.25, 0.3) is 0 Å². The Morgan fingerprint density at radius 1 is 0.933 bits per heavy atom. The van der Waals surface area contributed by atoms with Gasteiger partial charge in [-0.3, -0.25) is 0 Å². The minimum Gasteiger partial charge on any atom is -0.385 e. The lowest BCUT2D eigenvalue weighted by Crippen LogP contribution is -2.15. The largest absolute Gasteiger partial charge is 0.385 e. The summed E-state index contributed by atoms with van der Waals surface area (Å²) in [5.41, 5.74) is 1.20. The maximum absolute atomic E-state index is 14.5. The number of ether oxygens (including phenoxy) is 1. The molecule has 0 aromatic heterocycles. The molecule has 0 heterocycles. The zero-order chi connectivity index (χ0) is 21.3. The van der Waals surface area contributed by atoms with Gasteiger partial charge in [-0.15, -0.1) is 0 Å². The lowest BCUT2D eigenvalue weighted by Gasteiger charge is -2.28. The van der Waals surface area contributed by atoms with Crippen LogP contribution in [0.5, 0.6) is 0 Å². The molecule has 0 saturated heterocycles. The number of hydrogen-bond donors (Lipinski definition) is 0. The summed E-state index contributed by atoms with van der Waals surface area (Å²) in [5.74, 6) is 5.71. The molecular formula is C26H29ClF2O. The summed E-state index contributed by atoms with van der Waals surface area (Å²) in [5, 5.41) is 0.599. The van der Waals surface area contributed by atoms with Crippen molar-refractivity contribution in [1.82, 2.24) is 0 Å². The highest BCUT2D eigenvalue weighted by atomic mass is 35.5. The van der Waals surface area contributed by atoms with Crippen LogP contribution >= 0.6 is 11.6 Å². The van der Waals surface area contributed by atoms with Crippen LogP contribution in [-0.4, -0.2) is 13.7 Å². The van der Waals surface area contributed by atoms with Crippen LogP contribution in [0.3, 0.4) is 0 Å². The molecule has 1 nitrogen and oxygen atoms in total. The normalized spacial score (nSPS) is 18.7. The summed E-state index contributed by atoms with van der Waals surface area (Å²) >= 11 is 5.84. The maximum atomic E-state index is 14.5. The Labute approximate surface area is 183 Å². The van der Waals surface area contributed by atoms with Crippen LogP contribution in [0.2, 0.25) is 5.02 Å².